The summed E-state index contributed by atoms with van der Waals surface area (Å²) in [6, 6.07) is 21.2. The van der Waals surface area contributed by atoms with E-state index in [2.05, 4.69) is 87.4 Å². The van der Waals surface area contributed by atoms with Gasteiger partial charge in [0.05, 0.1) is 12.1 Å². The fourth-order valence-electron chi connectivity index (χ4n) is 2.67. The lowest BCUT2D eigenvalue weighted by Crippen LogP contribution is -2.29. The molecule has 0 saturated heterocycles. The van der Waals surface area contributed by atoms with E-state index in [1.54, 1.807) is 0 Å². The first kappa shape index (κ1) is 15.7. The van der Waals surface area contributed by atoms with Crippen molar-refractivity contribution >= 4 is 0 Å². The smallest absolute Gasteiger partial charge is 0.102 e. The average molecular weight is 283 g/mol. The Hall–Kier alpha value is -1.64. The first-order chi connectivity index (χ1) is 10.1. The zero-order valence-electron chi connectivity index (χ0n) is 13.4. The molecule has 0 heterocycles. The molecule has 0 aromatic heterocycles. The molecule has 2 aromatic rings. The first-order valence-electron chi connectivity index (χ1n) is 7.51. The predicted molar refractivity (Wildman–Crippen MR) is 88.3 cm³/mol. The highest BCUT2D eigenvalue weighted by molar-refractivity contribution is 5.26. The van der Waals surface area contributed by atoms with Gasteiger partial charge in [-0.25, -0.2) is 0 Å². The van der Waals surface area contributed by atoms with Gasteiger partial charge in [0, 0.05) is 0 Å². The van der Waals surface area contributed by atoms with Crippen LogP contribution in [0.2, 0.25) is 0 Å². The molecule has 0 fully saturated rings. The van der Waals surface area contributed by atoms with Gasteiger partial charge < -0.3 is 4.74 Å². The molecule has 0 aliphatic rings. The Bertz CT molecular complexity index is 522. The molecule has 112 valence electrons. The minimum Gasteiger partial charge on any atom is -0.369 e. The third-order valence-electron chi connectivity index (χ3n) is 3.53. The standard InChI is InChI=1S/C19H25NO/c1-15(2)21-19(17-13-9-6-10-14-17)18(20(3)4)16-11-7-5-8-12-16/h5-15,18-19H,1-4H3/t18-,19-/m1/s1. The predicted octanol–water partition coefficient (Wildman–Crippen LogP) is 4.46. The Kier molecular flexibility index (Phi) is 5.54. The van der Waals surface area contributed by atoms with Gasteiger partial charge in [0.15, 0.2) is 0 Å². The lowest BCUT2D eigenvalue weighted by atomic mass is 9.94. The van der Waals surface area contributed by atoms with Gasteiger partial charge in [-0.15, -0.1) is 0 Å². The topological polar surface area (TPSA) is 12.5 Å². The Labute approximate surface area is 128 Å². The Morgan fingerprint density at radius 3 is 1.67 bits per heavy atom. The van der Waals surface area contributed by atoms with E-state index in [0.29, 0.717) is 0 Å². The largest absolute Gasteiger partial charge is 0.369 e. The third-order valence-corrected chi connectivity index (χ3v) is 3.53. The monoisotopic (exact) mass is 283 g/mol. The summed E-state index contributed by atoms with van der Waals surface area (Å²) in [6.07, 6.45) is 0.199. The third kappa shape index (κ3) is 4.16. The van der Waals surface area contributed by atoms with Gasteiger partial charge in [-0.2, -0.15) is 0 Å². The van der Waals surface area contributed by atoms with Crippen LogP contribution in [0.3, 0.4) is 0 Å². The second-order valence-electron chi connectivity index (χ2n) is 5.84. The van der Waals surface area contributed by atoms with E-state index in [1.165, 1.54) is 11.1 Å². The molecule has 0 radical (unpaired) electrons. The van der Waals surface area contributed by atoms with Crippen LogP contribution in [0.5, 0.6) is 0 Å². The van der Waals surface area contributed by atoms with Crippen LogP contribution in [0.4, 0.5) is 0 Å². The molecule has 0 spiro atoms. The van der Waals surface area contributed by atoms with Crippen LogP contribution in [0, 0.1) is 0 Å². The minimum absolute atomic E-state index is 0.0172. The number of benzene rings is 2. The van der Waals surface area contributed by atoms with Crippen LogP contribution >= 0.6 is 0 Å². The maximum atomic E-state index is 6.27. The number of hydrogen-bond acceptors (Lipinski definition) is 2. The van der Waals surface area contributed by atoms with Crippen LogP contribution < -0.4 is 0 Å². The summed E-state index contributed by atoms with van der Waals surface area (Å²) in [6.45, 7) is 4.18. The molecular weight excluding hydrogens is 258 g/mol. The van der Waals surface area contributed by atoms with E-state index in [0.717, 1.165) is 0 Å². The number of ether oxygens (including phenoxy) is 1. The van der Waals surface area contributed by atoms with Gasteiger partial charge in [0.1, 0.15) is 6.10 Å². The van der Waals surface area contributed by atoms with Crippen molar-refractivity contribution in [3.05, 3.63) is 71.8 Å². The molecule has 0 bridgehead atoms. The summed E-state index contributed by atoms with van der Waals surface area (Å²) in [5, 5.41) is 0. The van der Waals surface area contributed by atoms with Gasteiger partial charge in [0.2, 0.25) is 0 Å². The first-order valence-corrected chi connectivity index (χ1v) is 7.51. The van der Waals surface area contributed by atoms with Crippen LogP contribution in [0.1, 0.15) is 37.1 Å². The summed E-state index contributed by atoms with van der Waals surface area (Å²) in [5.41, 5.74) is 2.49. The molecule has 0 saturated carbocycles. The molecule has 0 amide bonds. The highest BCUT2D eigenvalue weighted by atomic mass is 16.5. The second-order valence-corrected chi connectivity index (χ2v) is 5.84. The fourth-order valence-corrected chi connectivity index (χ4v) is 2.67. The molecule has 0 N–H and O–H groups in total. The maximum Gasteiger partial charge on any atom is 0.102 e. The Morgan fingerprint density at radius 2 is 1.24 bits per heavy atom. The molecule has 21 heavy (non-hydrogen) atoms. The van der Waals surface area contributed by atoms with E-state index in [1.807, 2.05) is 6.07 Å². The van der Waals surface area contributed by atoms with Crippen molar-refractivity contribution in [1.29, 1.82) is 0 Å². The van der Waals surface area contributed by atoms with Crippen molar-refractivity contribution in [2.24, 2.45) is 0 Å². The van der Waals surface area contributed by atoms with Gasteiger partial charge in [-0.1, -0.05) is 60.7 Å². The number of hydrogen-bond donors (Lipinski definition) is 0. The molecule has 2 heteroatoms. The number of nitrogens with zero attached hydrogens (tertiary/aromatic N) is 1. The molecule has 0 aliphatic carbocycles. The highest BCUT2D eigenvalue weighted by Crippen LogP contribution is 2.36. The number of likely N-dealkylation sites (N-methyl/N-ethyl adjacent to an activating group) is 1. The fraction of sp³-hybridized carbons (Fsp3) is 0.368. The van der Waals surface area contributed by atoms with Crippen LogP contribution in [0.25, 0.3) is 0 Å². The van der Waals surface area contributed by atoms with Crippen molar-refractivity contribution in [3.63, 3.8) is 0 Å². The minimum atomic E-state index is 0.0172. The van der Waals surface area contributed by atoms with E-state index >= 15 is 0 Å². The second kappa shape index (κ2) is 7.39. The SMILES string of the molecule is CC(C)O[C@H](c1ccccc1)[C@@H](c1ccccc1)N(C)C. The van der Waals surface area contributed by atoms with Gasteiger partial charge in [-0.3, -0.25) is 4.90 Å². The van der Waals surface area contributed by atoms with Crippen molar-refractivity contribution in [1.82, 2.24) is 4.90 Å². The van der Waals surface area contributed by atoms with Crippen LogP contribution in [0.15, 0.2) is 60.7 Å². The van der Waals surface area contributed by atoms with Crippen molar-refractivity contribution < 1.29 is 4.74 Å². The zero-order valence-corrected chi connectivity index (χ0v) is 13.4. The summed E-state index contributed by atoms with van der Waals surface area (Å²) >= 11 is 0. The average Bonchev–Trinajstić information content (AvgIpc) is 2.48. The molecule has 0 unspecified atom stereocenters. The van der Waals surface area contributed by atoms with E-state index < -0.39 is 0 Å². The van der Waals surface area contributed by atoms with Crippen LogP contribution in [-0.2, 0) is 4.74 Å². The molecule has 2 nitrogen and oxygen atoms in total. The molecular formula is C19H25NO. The summed E-state index contributed by atoms with van der Waals surface area (Å²) in [7, 11) is 4.22. The van der Waals surface area contributed by atoms with E-state index in [9.17, 15) is 0 Å². The quantitative estimate of drug-likeness (QED) is 0.776. The highest BCUT2D eigenvalue weighted by Gasteiger charge is 2.28. The molecule has 2 rings (SSSR count). The zero-order chi connectivity index (χ0) is 15.2. The summed E-state index contributed by atoms with van der Waals surface area (Å²) < 4.78 is 6.27. The maximum absolute atomic E-state index is 6.27. The summed E-state index contributed by atoms with van der Waals surface area (Å²) in [4.78, 5) is 2.23. The van der Waals surface area contributed by atoms with Crippen LogP contribution in [-0.4, -0.2) is 25.1 Å². The summed E-state index contributed by atoms with van der Waals surface area (Å²) in [5.74, 6) is 0. The lowest BCUT2D eigenvalue weighted by Gasteiger charge is -2.34. The van der Waals surface area contributed by atoms with Gasteiger partial charge >= 0.3 is 0 Å². The molecule has 0 aliphatic heterocycles. The van der Waals surface area contributed by atoms with Gasteiger partial charge in [-0.05, 0) is 39.1 Å². The normalized spacial score (nSPS) is 14.4. The Balaban J connectivity index is 2.41. The van der Waals surface area contributed by atoms with E-state index in [-0.39, 0.29) is 18.2 Å². The van der Waals surface area contributed by atoms with Gasteiger partial charge in [0.25, 0.3) is 0 Å². The van der Waals surface area contributed by atoms with Crippen molar-refractivity contribution in [2.75, 3.05) is 14.1 Å². The molecule has 2 aromatic carbocycles. The Morgan fingerprint density at radius 1 is 0.762 bits per heavy atom. The molecule has 2 atom stereocenters. The van der Waals surface area contributed by atoms with Crippen molar-refractivity contribution in [3.8, 4) is 0 Å². The van der Waals surface area contributed by atoms with Crippen molar-refractivity contribution in [2.45, 2.75) is 32.1 Å². The van der Waals surface area contributed by atoms with E-state index in [4.69, 9.17) is 4.74 Å². The lowest BCUT2D eigenvalue weighted by molar-refractivity contribution is -0.0391. The number of rotatable bonds is 6.